The fourth-order valence-corrected chi connectivity index (χ4v) is 2.67. The van der Waals surface area contributed by atoms with Crippen LogP contribution in [0.3, 0.4) is 0 Å². The number of phenols is 1. The summed E-state index contributed by atoms with van der Waals surface area (Å²) in [5.41, 5.74) is 0.873. The van der Waals surface area contributed by atoms with Gasteiger partial charge in [-0.1, -0.05) is 15.9 Å². The first-order chi connectivity index (χ1) is 8.56. The number of halogens is 1. The number of aromatic hydroxyl groups is 1. The number of carbonyl (C=O) groups is 1. The van der Waals surface area contributed by atoms with Gasteiger partial charge in [-0.3, -0.25) is 9.69 Å². The van der Waals surface area contributed by atoms with Crippen LogP contribution in [0.2, 0.25) is 0 Å². The van der Waals surface area contributed by atoms with Crippen LogP contribution in [0, 0.1) is 5.92 Å². The first-order valence-electron chi connectivity index (χ1n) is 5.99. The number of likely N-dealkylation sites (tertiary alicyclic amines) is 1. The van der Waals surface area contributed by atoms with Gasteiger partial charge in [0.2, 0.25) is 0 Å². The van der Waals surface area contributed by atoms with Crippen molar-refractivity contribution in [3.63, 3.8) is 0 Å². The molecule has 2 rings (SSSR count). The lowest BCUT2D eigenvalue weighted by atomic mass is 9.97. The van der Waals surface area contributed by atoms with Crippen LogP contribution in [0.5, 0.6) is 5.75 Å². The van der Waals surface area contributed by atoms with Gasteiger partial charge in [0.25, 0.3) is 0 Å². The summed E-state index contributed by atoms with van der Waals surface area (Å²) in [6.45, 7) is 2.20. The maximum absolute atomic E-state index is 10.9. The van der Waals surface area contributed by atoms with E-state index in [1.54, 1.807) is 12.1 Å². The summed E-state index contributed by atoms with van der Waals surface area (Å²) in [6, 6.07) is 5.37. The molecule has 0 atom stereocenters. The number of rotatable bonds is 3. The van der Waals surface area contributed by atoms with Gasteiger partial charge in [-0.25, -0.2) is 0 Å². The standard InChI is InChI=1S/C13H16BrNO3/c14-11-1-2-12(16)10(7-11)8-15-5-3-9(4-6-15)13(17)18/h1-2,7,9,16H,3-6,8H2,(H,17,18). The van der Waals surface area contributed by atoms with Crippen LogP contribution >= 0.6 is 15.9 Å². The second-order valence-electron chi connectivity index (χ2n) is 4.66. The number of nitrogens with zero attached hydrogens (tertiary/aromatic N) is 1. The van der Waals surface area contributed by atoms with E-state index in [1.807, 2.05) is 6.07 Å². The Kier molecular flexibility index (Phi) is 4.24. The number of piperidine rings is 1. The molecule has 1 aliphatic heterocycles. The molecule has 2 N–H and O–H groups in total. The molecule has 0 unspecified atom stereocenters. The number of carboxylic acids is 1. The van der Waals surface area contributed by atoms with Crippen LogP contribution < -0.4 is 0 Å². The molecule has 1 aliphatic rings. The summed E-state index contributed by atoms with van der Waals surface area (Å²) in [7, 11) is 0. The summed E-state index contributed by atoms with van der Waals surface area (Å²) in [4.78, 5) is 13.0. The van der Waals surface area contributed by atoms with E-state index in [4.69, 9.17) is 5.11 Å². The van der Waals surface area contributed by atoms with E-state index >= 15 is 0 Å². The summed E-state index contributed by atoms with van der Waals surface area (Å²) >= 11 is 3.38. The number of hydrogen-bond acceptors (Lipinski definition) is 3. The van der Waals surface area contributed by atoms with Crippen molar-refractivity contribution in [2.45, 2.75) is 19.4 Å². The van der Waals surface area contributed by atoms with E-state index in [-0.39, 0.29) is 5.92 Å². The Labute approximate surface area is 114 Å². The number of hydrogen-bond donors (Lipinski definition) is 2. The van der Waals surface area contributed by atoms with Crippen molar-refractivity contribution in [2.24, 2.45) is 5.92 Å². The highest BCUT2D eigenvalue weighted by Crippen LogP contribution is 2.25. The Morgan fingerprint density at radius 3 is 2.67 bits per heavy atom. The average molecular weight is 314 g/mol. The Bertz CT molecular complexity index is 442. The fourth-order valence-electron chi connectivity index (χ4n) is 2.26. The summed E-state index contributed by atoms with van der Waals surface area (Å²) in [5, 5.41) is 18.7. The minimum Gasteiger partial charge on any atom is -0.508 e. The molecule has 0 aromatic heterocycles. The van der Waals surface area contributed by atoms with Crippen LogP contribution in [-0.4, -0.2) is 34.2 Å². The third-order valence-electron chi connectivity index (χ3n) is 3.37. The lowest BCUT2D eigenvalue weighted by Crippen LogP contribution is -2.35. The Balaban J connectivity index is 1.95. The second-order valence-corrected chi connectivity index (χ2v) is 5.58. The molecule has 5 heteroatoms. The average Bonchev–Trinajstić information content (AvgIpc) is 2.34. The molecular weight excluding hydrogens is 298 g/mol. The Morgan fingerprint density at radius 2 is 2.06 bits per heavy atom. The van der Waals surface area contributed by atoms with Crippen LogP contribution in [0.4, 0.5) is 0 Å². The zero-order valence-electron chi connectivity index (χ0n) is 9.97. The lowest BCUT2D eigenvalue weighted by Gasteiger charge is -2.30. The van der Waals surface area contributed by atoms with Gasteiger partial charge in [-0.15, -0.1) is 0 Å². The minimum atomic E-state index is -0.694. The fraction of sp³-hybridized carbons (Fsp3) is 0.462. The van der Waals surface area contributed by atoms with Crippen molar-refractivity contribution in [1.29, 1.82) is 0 Å². The highest BCUT2D eigenvalue weighted by atomic mass is 79.9. The molecule has 4 nitrogen and oxygen atoms in total. The normalized spacial score (nSPS) is 17.8. The Morgan fingerprint density at radius 1 is 1.39 bits per heavy atom. The molecule has 1 saturated heterocycles. The molecule has 0 bridgehead atoms. The van der Waals surface area contributed by atoms with Gasteiger partial charge >= 0.3 is 5.97 Å². The first kappa shape index (κ1) is 13.4. The number of benzene rings is 1. The molecule has 18 heavy (non-hydrogen) atoms. The van der Waals surface area contributed by atoms with Gasteiger partial charge in [-0.2, -0.15) is 0 Å². The molecular formula is C13H16BrNO3. The smallest absolute Gasteiger partial charge is 0.306 e. The van der Waals surface area contributed by atoms with Crippen molar-refractivity contribution in [3.8, 4) is 5.75 Å². The van der Waals surface area contributed by atoms with Crippen molar-refractivity contribution < 1.29 is 15.0 Å². The van der Waals surface area contributed by atoms with Gasteiger partial charge in [0.05, 0.1) is 5.92 Å². The topological polar surface area (TPSA) is 60.8 Å². The van der Waals surface area contributed by atoms with Crippen LogP contribution in [0.15, 0.2) is 22.7 Å². The van der Waals surface area contributed by atoms with Gasteiger partial charge in [0, 0.05) is 16.6 Å². The third-order valence-corrected chi connectivity index (χ3v) is 3.87. The highest BCUT2D eigenvalue weighted by molar-refractivity contribution is 9.10. The van der Waals surface area contributed by atoms with Crippen LogP contribution in [0.25, 0.3) is 0 Å². The molecule has 98 valence electrons. The first-order valence-corrected chi connectivity index (χ1v) is 6.78. The number of aliphatic carboxylic acids is 1. The van der Waals surface area contributed by atoms with E-state index in [9.17, 15) is 9.90 Å². The molecule has 0 radical (unpaired) electrons. The summed E-state index contributed by atoms with van der Waals surface area (Å²) in [6.07, 6.45) is 1.37. The zero-order valence-corrected chi connectivity index (χ0v) is 11.6. The minimum absolute atomic E-state index is 0.211. The molecule has 0 amide bonds. The monoisotopic (exact) mass is 313 g/mol. The predicted molar refractivity (Wildman–Crippen MR) is 71.4 cm³/mol. The molecule has 1 heterocycles. The second kappa shape index (κ2) is 5.71. The van der Waals surface area contributed by atoms with E-state index in [1.165, 1.54) is 0 Å². The van der Waals surface area contributed by atoms with Crippen LogP contribution in [-0.2, 0) is 11.3 Å². The third kappa shape index (κ3) is 3.23. The van der Waals surface area contributed by atoms with Gasteiger partial charge in [0.1, 0.15) is 5.75 Å². The van der Waals surface area contributed by atoms with Crippen molar-refractivity contribution in [1.82, 2.24) is 4.90 Å². The summed E-state index contributed by atoms with van der Waals surface area (Å²) < 4.78 is 0.940. The van der Waals surface area contributed by atoms with Gasteiger partial charge in [-0.05, 0) is 44.1 Å². The van der Waals surface area contributed by atoms with Crippen LogP contribution in [0.1, 0.15) is 18.4 Å². The van der Waals surface area contributed by atoms with Gasteiger partial charge < -0.3 is 10.2 Å². The van der Waals surface area contributed by atoms with E-state index in [0.29, 0.717) is 25.1 Å². The molecule has 1 aromatic carbocycles. The number of phenolic OH excluding ortho intramolecular Hbond substituents is 1. The number of carboxylic acid groups (broad SMARTS) is 1. The van der Waals surface area contributed by atoms with E-state index < -0.39 is 5.97 Å². The van der Waals surface area contributed by atoms with E-state index in [0.717, 1.165) is 23.1 Å². The zero-order chi connectivity index (χ0) is 13.1. The Hall–Kier alpha value is -1.07. The maximum Gasteiger partial charge on any atom is 0.306 e. The molecule has 0 spiro atoms. The molecule has 0 saturated carbocycles. The van der Waals surface area contributed by atoms with Gasteiger partial charge in [0.15, 0.2) is 0 Å². The highest BCUT2D eigenvalue weighted by Gasteiger charge is 2.24. The largest absolute Gasteiger partial charge is 0.508 e. The maximum atomic E-state index is 10.9. The summed E-state index contributed by atoms with van der Waals surface area (Å²) in [5.74, 6) is -0.615. The van der Waals surface area contributed by atoms with E-state index in [2.05, 4.69) is 20.8 Å². The molecule has 0 aliphatic carbocycles. The quantitative estimate of drug-likeness (QED) is 0.900. The SMILES string of the molecule is O=C(O)C1CCN(Cc2cc(Br)ccc2O)CC1. The predicted octanol–water partition coefficient (Wildman–Crippen LogP) is 2.45. The molecule has 1 fully saturated rings. The van der Waals surface area contributed by atoms with Crippen molar-refractivity contribution in [2.75, 3.05) is 13.1 Å². The molecule has 1 aromatic rings. The lowest BCUT2D eigenvalue weighted by molar-refractivity contribution is -0.143. The van der Waals surface area contributed by atoms with Crippen molar-refractivity contribution >= 4 is 21.9 Å². The van der Waals surface area contributed by atoms with Crippen molar-refractivity contribution in [3.05, 3.63) is 28.2 Å².